The standard InChI is InChI=1S/C15H17NO3S/c1-12(15(17)13-8-4-2-5-9-13)16-20(18,19)14-10-6-3-7-11-14/h2-12,15-17H,1H3/t12-,15+/m0/s1. The summed E-state index contributed by atoms with van der Waals surface area (Å²) < 4.78 is 26.8. The van der Waals surface area contributed by atoms with Crippen molar-refractivity contribution < 1.29 is 13.5 Å². The average molecular weight is 291 g/mol. The average Bonchev–Trinajstić information content (AvgIpc) is 2.48. The normalized spacial score (nSPS) is 14.7. The zero-order valence-electron chi connectivity index (χ0n) is 11.1. The number of rotatable bonds is 5. The number of nitrogens with one attached hydrogen (secondary N) is 1. The molecule has 5 heteroatoms. The maximum Gasteiger partial charge on any atom is 0.240 e. The molecule has 0 bridgehead atoms. The fourth-order valence-electron chi connectivity index (χ4n) is 1.92. The summed E-state index contributed by atoms with van der Waals surface area (Å²) in [5.41, 5.74) is 0.677. The number of benzene rings is 2. The van der Waals surface area contributed by atoms with Crippen molar-refractivity contribution in [3.63, 3.8) is 0 Å². The van der Waals surface area contributed by atoms with Crippen molar-refractivity contribution >= 4 is 10.0 Å². The van der Waals surface area contributed by atoms with Gasteiger partial charge in [0, 0.05) is 6.04 Å². The summed E-state index contributed by atoms with van der Waals surface area (Å²) >= 11 is 0. The van der Waals surface area contributed by atoms with Crippen LogP contribution in [0.25, 0.3) is 0 Å². The molecule has 0 aliphatic heterocycles. The minimum absolute atomic E-state index is 0.187. The smallest absolute Gasteiger partial charge is 0.240 e. The van der Waals surface area contributed by atoms with E-state index in [1.54, 1.807) is 49.4 Å². The second-order valence-corrected chi connectivity index (χ2v) is 6.29. The van der Waals surface area contributed by atoms with E-state index >= 15 is 0 Å². The lowest BCUT2D eigenvalue weighted by atomic mass is 10.0. The second kappa shape index (κ2) is 6.17. The quantitative estimate of drug-likeness (QED) is 0.886. The summed E-state index contributed by atoms with van der Waals surface area (Å²) in [4.78, 5) is 0.187. The molecule has 0 unspecified atom stereocenters. The molecule has 0 aliphatic carbocycles. The van der Waals surface area contributed by atoms with Gasteiger partial charge < -0.3 is 5.11 Å². The van der Waals surface area contributed by atoms with Gasteiger partial charge in [-0.3, -0.25) is 0 Å². The van der Waals surface area contributed by atoms with E-state index in [2.05, 4.69) is 4.72 Å². The van der Waals surface area contributed by atoms with Gasteiger partial charge in [0.1, 0.15) is 0 Å². The van der Waals surface area contributed by atoms with Crippen LogP contribution in [-0.4, -0.2) is 19.6 Å². The Morgan fingerprint density at radius 1 is 0.950 bits per heavy atom. The highest BCUT2D eigenvalue weighted by molar-refractivity contribution is 7.89. The molecule has 2 atom stereocenters. The number of aliphatic hydroxyl groups excluding tert-OH is 1. The molecule has 0 amide bonds. The highest BCUT2D eigenvalue weighted by atomic mass is 32.2. The van der Waals surface area contributed by atoms with Crippen molar-refractivity contribution in [1.29, 1.82) is 0 Å². The van der Waals surface area contributed by atoms with Gasteiger partial charge in [-0.1, -0.05) is 48.5 Å². The first-order chi connectivity index (χ1) is 9.50. The molecule has 0 spiro atoms. The number of hydrogen-bond acceptors (Lipinski definition) is 3. The van der Waals surface area contributed by atoms with Crippen molar-refractivity contribution in [2.45, 2.75) is 24.0 Å². The van der Waals surface area contributed by atoms with E-state index in [-0.39, 0.29) is 4.90 Å². The lowest BCUT2D eigenvalue weighted by molar-refractivity contribution is 0.146. The SMILES string of the molecule is C[C@H](NS(=O)(=O)c1ccccc1)[C@@H](O)c1ccccc1. The highest BCUT2D eigenvalue weighted by Gasteiger charge is 2.23. The number of sulfonamides is 1. The minimum Gasteiger partial charge on any atom is -0.387 e. The summed E-state index contributed by atoms with van der Waals surface area (Å²) in [6.07, 6.45) is -0.894. The van der Waals surface area contributed by atoms with E-state index in [0.29, 0.717) is 5.56 Å². The van der Waals surface area contributed by atoms with E-state index in [4.69, 9.17) is 0 Å². The summed E-state index contributed by atoms with van der Waals surface area (Å²) in [5.74, 6) is 0. The molecule has 106 valence electrons. The Morgan fingerprint density at radius 2 is 1.45 bits per heavy atom. The number of aliphatic hydroxyl groups is 1. The monoisotopic (exact) mass is 291 g/mol. The number of hydrogen-bond donors (Lipinski definition) is 2. The topological polar surface area (TPSA) is 66.4 Å². The third kappa shape index (κ3) is 3.45. The van der Waals surface area contributed by atoms with Crippen LogP contribution in [0.2, 0.25) is 0 Å². The summed E-state index contributed by atoms with van der Waals surface area (Å²) in [6.45, 7) is 1.64. The predicted octanol–water partition coefficient (Wildman–Crippen LogP) is 2.09. The molecular formula is C15H17NO3S. The fourth-order valence-corrected chi connectivity index (χ4v) is 3.19. The lowest BCUT2D eigenvalue weighted by Gasteiger charge is -2.20. The Balaban J connectivity index is 2.14. The van der Waals surface area contributed by atoms with Gasteiger partial charge in [0.15, 0.2) is 0 Å². The molecular weight excluding hydrogens is 274 g/mol. The maximum absolute atomic E-state index is 12.2. The minimum atomic E-state index is -3.62. The van der Waals surface area contributed by atoms with Crippen molar-refractivity contribution in [2.24, 2.45) is 0 Å². The molecule has 0 fully saturated rings. The Morgan fingerprint density at radius 3 is 2.00 bits per heavy atom. The van der Waals surface area contributed by atoms with Gasteiger partial charge in [-0.05, 0) is 24.6 Å². The van der Waals surface area contributed by atoms with E-state index < -0.39 is 22.2 Å². The molecule has 2 N–H and O–H groups in total. The first kappa shape index (κ1) is 14.7. The van der Waals surface area contributed by atoms with Crippen LogP contribution >= 0.6 is 0 Å². The highest BCUT2D eigenvalue weighted by Crippen LogP contribution is 2.18. The van der Waals surface area contributed by atoms with Crippen LogP contribution in [0, 0.1) is 0 Å². The predicted molar refractivity (Wildman–Crippen MR) is 77.6 cm³/mol. The van der Waals surface area contributed by atoms with Gasteiger partial charge in [0.2, 0.25) is 10.0 Å². The Labute approximate surface area is 119 Å². The molecule has 2 aromatic rings. The molecule has 2 aromatic carbocycles. The van der Waals surface area contributed by atoms with Crippen LogP contribution < -0.4 is 4.72 Å². The summed E-state index contributed by atoms with van der Waals surface area (Å²) in [7, 11) is -3.62. The van der Waals surface area contributed by atoms with Crippen LogP contribution in [0.15, 0.2) is 65.6 Å². The van der Waals surface area contributed by atoms with Crippen LogP contribution in [0.1, 0.15) is 18.6 Å². The molecule has 0 heterocycles. The van der Waals surface area contributed by atoms with Gasteiger partial charge in [0.25, 0.3) is 0 Å². The first-order valence-electron chi connectivity index (χ1n) is 6.31. The van der Waals surface area contributed by atoms with Gasteiger partial charge >= 0.3 is 0 Å². The lowest BCUT2D eigenvalue weighted by Crippen LogP contribution is -2.37. The molecule has 0 saturated carbocycles. The third-order valence-corrected chi connectivity index (χ3v) is 4.58. The van der Waals surface area contributed by atoms with E-state index in [1.807, 2.05) is 6.07 Å². The molecule has 4 nitrogen and oxygen atoms in total. The van der Waals surface area contributed by atoms with E-state index in [1.165, 1.54) is 12.1 Å². The van der Waals surface area contributed by atoms with Crippen molar-refractivity contribution in [1.82, 2.24) is 4.72 Å². The maximum atomic E-state index is 12.2. The zero-order valence-corrected chi connectivity index (χ0v) is 11.9. The van der Waals surface area contributed by atoms with Crippen LogP contribution in [0.5, 0.6) is 0 Å². The fraction of sp³-hybridized carbons (Fsp3) is 0.200. The molecule has 0 aliphatic rings. The summed E-state index contributed by atoms with van der Waals surface area (Å²) in [5, 5.41) is 10.2. The van der Waals surface area contributed by atoms with Gasteiger partial charge in [-0.25, -0.2) is 13.1 Å². The third-order valence-electron chi connectivity index (χ3n) is 3.01. The molecule has 0 saturated heterocycles. The van der Waals surface area contributed by atoms with Crippen molar-refractivity contribution in [3.05, 3.63) is 66.2 Å². The second-order valence-electron chi connectivity index (χ2n) is 4.58. The Hall–Kier alpha value is -1.69. The Bertz CT molecular complexity index is 641. The zero-order chi connectivity index (χ0) is 14.6. The largest absolute Gasteiger partial charge is 0.387 e. The summed E-state index contributed by atoms with van der Waals surface area (Å²) in [6, 6.07) is 16.5. The van der Waals surface area contributed by atoms with E-state index in [0.717, 1.165) is 0 Å². The van der Waals surface area contributed by atoms with Gasteiger partial charge in [-0.15, -0.1) is 0 Å². The van der Waals surface area contributed by atoms with Crippen molar-refractivity contribution in [2.75, 3.05) is 0 Å². The van der Waals surface area contributed by atoms with Crippen LogP contribution in [0.3, 0.4) is 0 Å². The molecule has 0 radical (unpaired) electrons. The molecule has 20 heavy (non-hydrogen) atoms. The van der Waals surface area contributed by atoms with Gasteiger partial charge in [0.05, 0.1) is 11.0 Å². The first-order valence-corrected chi connectivity index (χ1v) is 7.79. The molecule has 0 aromatic heterocycles. The van der Waals surface area contributed by atoms with Crippen LogP contribution in [0.4, 0.5) is 0 Å². The Kier molecular flexibility index (Phi) is 4.54. The van der Waals surface area contributed by atoms with Crippen LogP contribution in [-0.2, 0) is 10.0 Å². The van der Waals surface area contributed by atoms with E-state index in [9.17, 15) is 13.5 Å². The molecule has 2 rings (SSSR count). The van der Waals surface area contributed by atoms with Crippen molar-refractivity contribution in [3.8, 4) is 0 Å². The van der Waals surface area contributed by atoms with Gasteiger partial charge in [-0.2, -0.15) is 0 Å².